The molecule has 0 bridgehead atoms. The van der Waals surface area contributed by atoms with Gasteiger partial charge in [0.15, 0.2) is 5.43 Å². The van der Waals surface area contributed by atoms with Crippen LogP contribution in [-0.4, -0.2) is 48.4 Å². The van der Waals surface area contributed by atoms with E-state index in [2.05, 4.69) is 9.88 Å². The van der Waals surface area contributed by atoms with E-state index in [0.717, 1.165) is 55.6 Å². The van der Waals surface area contributed by atoms with Gasteiger partial charge in [-0.15, -0.1) is 0 Å². The Morgan fingerprint density at radius 1 is 1.35 bits per heavy atom. The van der Waals surface area contributed by atoms with Crippen LogP contribution in [0.4, 0.5) is 0 Å². The van der Waals surface area contributed by atoms with Gasteiger partial charge >= 0.3 is 0 Å². The SMILES string of the molecule is CO[C@H]1CC[C@@]2(OC)CCN(Cc3[nH]cc(C)c(=O)c3C)[C@H]2C1. The molecule has 5 nitrogen and oxygen atoms in total. The van der Waals surface area contributed by atoms with Gasteiger partial charge in [0, 0.05) is 56.4 Å². The van der Waals surface area contributed by atoms with Gasteiger partial charge in [-0.25, -0.2) is 0 Å². The van der Waals surface area contributed by atoms with Gasteiger partial charge in [0.25, 0.3) is 0 Å². The largest absolute Gasteiger partial charge is 0.381 e. The standard InChI is InChI=1S/C18H28N2O3/c1-12-10-19-15(13(2)17(12)21)11-20-8-7-18(23-4)6-5-14(22-3)9-16(18)20/h10,14,16H,5-9,11H2,1-4H3,(H,19,21)/t14-,16-,18+/m0/s1. The number of aromatic amines is 1. The van der Waals surface area contributed by atoms with E-state index in [1.54, 1.807) is 7.11 Å². The molecule has 3 rings (SSSR count). The number of methoxy groups -OCH3 is 2. The van der Waals surface area contributed by atoms with Gasteiger partial charge in [-0.1, -0.05) is 0 Å². The molecule has 1 aliphatic carbocycles. The predicted molar refractivity (Wildman–Crippen MR) is 89.7 cm³/mol. The van der Waals surface area contributed by atoms with Crippen LogP contribution in [0, 0.1) is 13.8 Å². The number of rotatable bonds is 4. The highest BCUT2D eigenvalue weighted by atomic mass is 16.5. The highest BCUT2D eigenvalue weighted by Crippen LogP contribution is 2.43. The summed E-state index contributed by atoms with van der Waals surface area (Å²) in [6, 6.07) is 0.357. The first kappa shape index (κ1) is 16.7. The van der Waals surface area contributed by atoms with Crippen LogP contribution in [0.2, 0.25) is 0 Å². The van der Waals surface area contributed by atoms with E-state index < -0.39 is 0 Å². The second-order valence-electron chi connectivity index (χ2n) is 7.04. The normalized spacial score (nSPS) is 31.3. The first-order valence-corrected chi connectivity index (χ1v) is 8.50. The Morgan fingerprint density at radius 3 is 2.83 bits per heavy atom. The van der Waals surface area contributed by atoms with Crippen molar-refractivity contribution in [2.75, 3.05) is 20.8 Å². The van der Waals surface area contributed by atoms with E-state index in [9.17, 15) is 4.79 Å². The lowest BCUT2D eigenvalue weighted by atomic mass is 9.79. The van der Waals surface area contributed by atoms with Crippen LogP contribution in [0.15, 0.2) is 11.0 Å². The second-order valence-corrected chi connectivity index (χ2v) is 7.04. The third-order valence-corrected chi connectivity index (χ3v) is 5.96. The highest BCUT2D eigenvalue weighted by molar-refractivity contribution is 5.24. The van der Waals surface area contributed by atoms with Gasteiger partial charge in [0.1, 0.15) is 0 Å². The van der Waals surface area contributed by atoms with Gasteiger partial charge in [0.2, 0.25) is 0 Å². The van der Waals surface area contributed by atoms with Crippen molar-refractivity contribution in [3.63, 3.8) is 0 Å². The molecule has 0 amide bonds. The fourth-order valence-corrected chi connectivity index (χ4v) is 4.33. The van der Waals surface area contributed by atoms with Crippen LogP contribution >= 0.6 is 0 Å². The maximum Gasteiger partial charge on any atom is 0.187 e. The molecule has 0 spiro atoms. The molecule has 0 unspecified atom stereocenters. The van der Waals surface area contributed by atoms with E-state index in [4.69, 9.17) is 9.47 Å². The number of fused-ring (bicyclic) bond motifs is 1. The highest BCUT2D eigenvalue weighted by Gasteiger charge is 2.51. The van der Waals surface area contributed by atoms with Crippen LogP contribution in [0.1, 0.15) is 42.5 Å². The molecule has 1 saturated carbocycles. The minimum Gasteiger partial charge on any atom is -0.381 e. The zero-order chi connectivity index (χ0) is 16.6. The quantitative estimate of drug-likeness (QED) is 0.923. The summed E-state index contributed by atoms with van der Waals surface area (Å²) in [6.07, 6.45) is 6.30. The fraction of sp³-hybridized carbons (Fsp3) is 0.722. The van der Waals surface area contributed by atoms with Crippen LogP contribution in [0.3, 0.4) is 0 Å². The smallest absolute Gasteiger partial charge is 0.187 e. The Bertz CT molecular complexity index is 627. The Labute approximate surface area is 138 Å². The van der Waals surface area contributed by atoms with Crippen LogP contribution in [0.5, 0.6) is 0 Å². The van der Waals surface area contributed by atoms with Crippen molar-refractivity contribution in [2.45, 2.75) is 63.8 Å². The first-order valence-electron chi connectivity index (χ1n) is 8.50. The lowest BCUT2D eigenvalue weighted by Gasteiger charge is -2.43. The van der Waals surface area contributed by atoms with Gasteiger partial charge in [-0.2, -0.15) is 0 Å². The summed E-state index contributed by atoms with van der Waals surface area (Å²) in [7, 11) is 3.63. The fourth-order valence-electron chi connectivity index (χ4n) is 4.33. The predicted octanol–water partition coefficient (Wildman–Crippen LogP) is 2.15. The summed E-state index contributed by atoms with van der Waals surface area (Å²) in [5.74, 6) is 0. The van der Waals surface area contributed by atoms with Crippen molar-refractivity contribution in [1.29, 1.82) is 0 Å². The Kier molecular flexibility index (Phi) is 4.63. The maximum absolute atomic E-state index is 12.2. The lowest BCUT2D eigenvalue weighted by molar-refractivity contribution is -0.0948. The number of likely N-dealkylation sites (tertiary alicyclic amines) is 1. The topological polar surface area (TPSA) is 54.6 Å². The van der Waals surface area contributed by atoms with Crippen LogP contribution in [0.25, 0.3) is 0 Å². The molecule has 128 valence electrons. The van der Waals surface area contributed by atoms with E-state index in [1.807, 2.05) is 27.2 Å². The molecule has 1 aromatic rings. The summed E-state index contributed by atoms with van der Waals surface area (Å²) in [5.41, 5.74) is 2.73. The Morgan fingerprint density at radius 2 is 2.13 bits per heavy atom. The number of hydrogen-bond donors (Lipinski definition) is 1. The summed E-state index contributed by atoms with van der Waals surface area (Å²) in [5, 5.41) is 0. The van der Waals surface area contributed by atoms with Gasteiger partial charge < -0.3 is 14.5 Å². The number of H-pyrrole nitrogens is 1. The molecule has 2 heterocycles. The molecule has 1 aromatic heterocycles. The molecule has 1 saturated heterocycles. The maximum atomic E-state index is 12.2. The summed E-state index contributed by atoms with van der Waals surface area (Å²) < 4.78 is 11.6. The number of aryl methyl sites for hydroxylation is 1. The average Bonchev–Trinajstić information content (AvgIpc) is 2.93. The molecule has 5 heteroatoms. The second kappa shape index (κ2) is 6.38. The summed E-state index contributed by atoms with van der Waals surface area (Å²) in [4.78, 5) is 18.0. The zero-order valence-electron chi connectivity index (χ0n) is 14.6. The molecule has 1 N–H and O–H groups in total. The van der Waals surface area contributed by atoms with Crippen molar-refractivity contribution in [1.82, 2.24) is 9.88 Å². The van der Waals surface area contributed by atoms with Gasteiger partial charge in [-0.05, 0) is 39.5 Å². The molecule has 1 aliphatic heterocycles. The van der Waals surface area contributed by atoms with E-state index >= 15 is 0 Å². The third-order valence-electron chi connectivity index (χ3n) is 5.96. The van der Waals surface area contributed by atoms with E-state index in [-0.39, 0.29) is 11.0 Å². The zero-order valence-corrected chi connectivity index (χ0v) is 14.6. The molecule has 0 aromatic carbocycles. The average molecular weight is 320 g/mol. The van der Waals surface area contributed by atoms with Gasteiger partial charge in [-0.3, -0.25) is 9.69 Å². The molecular formula is C18H28N2O3. The van der Waals surface area contributed by atoms with E-state index in [1.165, 1.54) is 0 Å². The lowest BCUT2D eigenvalue weighted by Crippen LogP contribution is -2.51. The molecular weight excluding hydrogens is 292 g/mol. The third kappa shape index (κ3) is 2.86. The first-order chi connectivity index (χ1) is 11.0. The Balaban J connectivity index is 1.83. The molecule has 23 heavy (non-hydrogen) atoms. The molecule has 3 atom stereocenters. The minimum absolute atomic E-state index is 0.0477. The molecule has 0 radical (unpaired) electrons. The summed E-state index contributed by atoms with van der Waals surface area (Å²) >= 11 is 0. The van der Waals surface area contributed by atoms with Crippen molar-refractivity contribution in [2.24, 2.45) is 0 Å². The monoisotopic (exact) mass is 320 g/mol. The van der Waals surface area contributed by atoms with Crippen molar-refractivity contribution >= 4 is 0 Å². The number of nitrogens with one attached hydrogen (secondary N) is 1. The van der Waals surface area contributed by atoms with Crippen molar-refractivity contribution < 1.29 is 9.47 Å². The number of aromatic nitrogens is 1. The number of pyridine rings is 1. The molecule has 2 aliphatic rings. The molecule has 2 fully saturated rings. The number of ether oxygens (including phenoxy) is 2. The van der Waals surface area contributed by atoms with Crippen LogP contribution in [-0.2, 0) is 16.0 Å². The minimum atomic E-state index is -0.0477. The van der Waals surface area contributed by atoms with Crippen molar-refractivity contribution in [3.05, 3.63) is 33.2 Å². The number of hydrogen-bond acceptors (Lipinski definition) is 4. The van der Waals surface area contributed by atoms with Crippen LogP contribution < -0.4 is 5.43 Å². The van der Waals surface area contributed by atoms with E-state index in [0.29, 0.717) is 12.1 Å². The summed E-state index contributed by atoms with van der Waals surface area (Å²) in [6.45, 7) is 5.54. The number of nitrogens with zero attached hydrogens (tertiary/aromatic N) is 1. The van der Waals surface area contributed by atoms with Gasteiger partial charge in [0.05, 0.1) is 11.7 Å². The Hall–Kier alpha value is -1.17. The van der Waals surface area contributed by atoms with Crippen molar-refractivity contribution in [3.8, 4) is 0 Å².